The fourth-order valence-electron chi connectivity index (χ4n) is 0.708. The molecule has 2 nitrogen and oxygen atoms in total. The largest absolute Gasteiger partial charge is 0.318 e. The molecule has 0 unspecified atom stereocenters. The van der Waals surface area contributed by atoms with Crippen LogP contribution in [0.5, 0.6) is 0 Å². The second-order valence-corrected chi connectivity index (χ2v) is 6.36. The second-order valence-electron chi connectivity index (χ2n) is 2.79. The van der Waals surface area contributed by atoms with Gasteiger partial charge in [0.05, 0.1) is 5.02 Å². The van der Waals surface area contributed by atoms with Crippen LogP contribution >= 0.6 is 18.7 Å². The maximum atomic E-state index is 12.7. The van der Waals surface area contributed by atoms with Crippen LogP contribution in [0.25, 0.3) is 0 Å². The van der Waals surface area contributed by atoms with Gasteiger partial charge in [-0.05, 0) is 25.5 Å². The molecule has 0 bridgehead atoms. The van der Waals surface area contributed by atoms with Gasteiger partial charge in [0.25, 0.3) is 0 Å². The van der Waals surface area contributed by atoms with Crippen LogP contribution in [0, 0.1) is 5.95 Å². The van der Waals surface area contributed by atoms with Crippen molar-refractivity contribution in [2.45, 2.75) is 0 Å². The van der Waals surface area contributed by atoms with E-state index in [1.165, 1.54) is 25.5 Å². The summed E-state index contributed by atoms with van der Waals surface area (Å²) in [6.07, 6.45) is 0. The summed E-state index contributed by atoms with van der Waals surface area (Å²) in [7, 11) is -2.47. The van der Waals surface area contributed by atoms with Crippen LogP contribution in [-0.2, 0) is 4.57 Å². The van der Waals surface area contributed by atoms with Gasteiger partial charge < -0.3 is 4.57 Å². The molecule has 0 N–H and O–H groups in total. The van der Waals surface area contributed by atoms with E-state index in [9.17, 15) is 8.96 Å². The molecule has 1 rings (SSSR count). The van der Waals surface area contributed by atoms with Crippen molar-refractivity contribution in [1.82, 2.24) is 4.98 Å². The molecule has 0 spiro atoms. The van der Waals surface area contributed by atoms with Crippen molar-refractivity contribution in [3.05, 3.63) is 23.1 Å². The van der Waals surface area contributed by atoms with Crippen LogP contribution in [0.1, 0.15) is 0 Å². The minimum absolute atomic E-state index is 0.0489. The van der Waals surface area contributed by atoms with E-state index >= 15 is 0 Å². The molecule has 0 aliphatic rings. The van der Waals surface area contributed by atoms with Crippen LogP contribution in [-0.4, -0.2) is 18.3 Å². The molecular formula is C7H8ClFNOP. The Bertz CT molecular complexity index is 349. The van der Waals surface area contributed by atoms with E-state index in [2.05, 4.69) is 4.98 Å². The molecule has 1 heterocycles. The highest BCUT2D eigenvalue weighted by molar-refractivity contribution is 7.69. The summed E-state index contributed by atoms with van der Waals surface area (Å²) < 4.78 is 24.2. The zero-order chi connectivity index (χ0) is 9.35. The summed E-state index contributed by atoms with van der Waals surface area (Å²) >= 11 is 5.40. The molecule has 1 aromatic heterocycles. The summed E-state index contributed by atoms with van der Waals surface area (Å²) in [5.41, 5.74) is 0.268. The molecule has 0 atom stereocenters. The highest BCUT2D eigenvalue weighted by Crippen LogP contribution is 2.33. The first kappa shape index (κ1) is 9.69. The Morgan fingerprint density at radius 3 is 2.50 bits per heavy atom. The topological polar surface area (TPSA) is 30.0 Å². The lowest BCUT2D eigenvalue weighted by Gasteiger charge is -2.05. The van der Waals surface area contributed by atoms with E-state index in [1.54, 1.807) is 0 Å². The standard InChI is InChI=1S/C7H8ClFNOP/c1-12(2,11)6-4-3-5(8)7(9)10-6/h3-4H,1-2H3. The third-order valence-electron chi connectivity index (χ3n) is 1.34. The average molecular weight is 208 g/mol. The van der Waals surface area contributed by atoms with Crippen molar-refractivity contribution in [3.63, 3.8) is 0 Å². The van der Waals surface area contributed by atoms with Gasteiger partial charge in [-0.3, -0.25) is 0 Å². The molecule has 0 saturated carbocycles. The van der Waals surface area contributed by atoms with Gasteiger partial charge >= 0.3 is 0 Å². The molecule has 0 aliphatic carbocycles. The van der Waals surface area contributed by atoms with Gasteiger partial charge in [-0.15, -0.1) is 0 Å². The predicted molar refractivity (Wildman–Crippen MR) is 48.3 cm³/mol. The monoisotopic (exact) mass is 207 g/mol. The Morgan fingerprint density at radius 2 is 2.08 bits per heavy atom. The van der Waals surface area contributed by atoms with Gasteiger partial charge in [-0.25, -0.2) is 4.98 Å². The molecule has 0 fully saturated rings. The first-order valence-electron chi connectivity index (χ1n) is 3.29. The fourth-order valence-corrected chi connectivity index (χ4v) is 1.58. The lowest BCUT2D eigenvalue weighted by molar-refractivity contribution is 0.578. The highest BCUT2D eigenvalue weighted by Gasteiger charge is 2.14. The van der Waals surface area contributed by atoms with Gasteiger partial charge in [-0.2, -0.15) is 4.39 Å². The van der Waals surface area contributed by atoms with Crippen molar-refractivity contribution in [3.8, 4) is 0 Å². The molecule has 0 aromatic carbocycles. The van der Waals surface area contributed by atoms with E-state index in [0.29, 0.717) is 0 Å². The first-order chi connectivity index (χ1) is 5.41. The average Bonchev–Trinajstić information content (AvgIpc) is 1.92. The van der Waals surface area contributed by atoms with Crippen LogP contribution in [0.15, 0.2) is 12.1 Å². The quantitative estimate of drug-likeness (QED) is 0.522. The van der Waals surface area contributed by atoms with Gasteiger partial charge in [0, 0.05) is 0 Å². The second kappa shape index (κ2) is 3.15. The Kier molecular flexibility index (Phi) is 2.55. The SMILES string of the molecule is CP(C)(=O)c1ccc(Cl)c(F)n1. The van der Waals surface area contributed by atoms with Crippen molar-refractivity contribution in [2.24, 2.45) is 0 Å². The molecule has 0 amide bonds. The van der Waals surface area contributed by atoms with Crippen molar-refractivity contribution >= 4 is 24.2 Å². The summed E-state index contributed by atoms with van der Waals surface area (Å²) in [5, 5.41) is -0.0489. The summed E-state index contributed by atoms with van der Waals surface area (Å²) in [6.45, 7) is 3.06. The van der Waals surface area contributed by atoms with E-state index in [0.717, 1.165) is 0 Å². The number of pyridine rings is 1. The Balaban J connectivity index is 3.23. The third kappa shape index (κ3) is 2.05. The van der Waals surface area contributed by atoms with Gasteiger partial charge in [0.15, 0.2) is 0 Å². The van der Waals surface area contributed by atoms with Crippen molar-refractivity contribution in [1.29, 1.82) is 0 Å². The molecule has 0 radical (unpaired) electrons. The molecule has 0 aliphatic heterocycles. The minimum Gasteiger partial charge on any atom is -0.318 e. The fraction of sp³-hybridized carbons (Fsp3) is 0.286. The number of halogens is 2. The zero-order valence-electron chi connectivity index (χ0n) is 6.71. The Morgan fingerprint density at radius 1 is 1.50 bits per heavy atom. The molecule has 66 valence electrons. The smallest absolute Gasteiger partial charge is 0.232 e. The van der Waals surface area contributed by atoms with Gasteiger partial charge in [0.2, 0.25) is 5.95 Å². The summed E-state index contributed by atoms with van der Waals surface area (Å²) in [4.78, 5) is 3.48. The number of aromatic nitrogens is 1. The molecular weight excluding hydrogens is 200 g/mol. The normalized spacial score (nSPS) is 11.7. The number of nitrogens with zero attached hydrogens (tertiary/aromatic N) is 1. The predicted octanol–water partition coefficient (Wildman–Crippen LogP) is 2.12. The van der Waals surface area contributed by atoms with Gasteiger partial charge in [0.1, 0.15) is 12.6 Å². The molecule has 0 saturated heterocycles. The highest BCUT2D eigenvalue weighted by atomic mass is 35.5. The third-order valence-corrected chi connectivity index (χ3v) is 2.97. The first-order valence-corrected chi connectivity index (χ1v) is 6.27. The van der Waals surface area contributed by atoms with Crippen LogP contribution in [0.2, 0.25) is 5.02 Å². The maximum absolute atomic E-state index is 12.7. The summed E-state index contributed by atoms with van der Waals surface area (Å²) in [5.74, 6) is -0.766. The number of hydrogen-bond acceptors (Lipinski definition) is 2. The lowest BCUT2D eigenvalue weighted by atomic mass is 10.5. The molecule has 5 heteroatoms. The van der Waals surface area contributed by atoms with E-state index < -0.39 is 13.1 Å². The van der Waals surface area contributed by atoms with Crippen molar-refractivity contribution in [2.75, 3.05) is 13.3 Å². The number of rotatable bonds is 1. The van der Waals surface area contributed by atoms with Crippen LogP contribution < -0.4 is 5.44 Å². The van der Waals surface area contributed by atoms with E-state index in [4.69, 9.17) is 11.6 Å². The van der Waals surface area contributed by atoms with Crippen LogP contribution in [0.3, 0.4) is 0 Å². The van der Waals surface area contributed by atoms with Crippen molar-refractivity contribution < 1.29 is 8.96 Å². The lowest BCUT2D eigenvalue weighted by Crippen LogP contribution is -2.09. The Labute approximate surface area is 75.1 Å². The molecule has 12 heavy (non-hydrogen) atoms. The Hall–Kier alpha value is -0.400. The van der Waals surface area contributed by atoms with E-state index in [-0.39, 0.29) is 10.5 Å². The minimum atomic E-state index is -2.47. The summed E-state index contributed by atoms with van der Waals surface area (Å²) in [6, 6.07) is 2.84. The van der Waals surface area contributed by atoms with Gasteiger partial charge in [-0.1, -0.05) is 11.6 Å². The maximum Gasteiger partial charge on any atom is 0.232 e. The molecule has 1 aromatic rings. The zero-order valence-corrected chi connectivity index (χ0v) is 8.36. The number of hydrogen-bond donors (Lipinski definition) is 0. The van der Waals surface area contributed by atoms with E-state index in [1.807, 2.05) is 0 Å². The van der Waals surface area contributed by atoms with Crippen LogP contribution in [0.4, 0.5) is 4.39 Å².